The highest BCUT2D eigenvalue weighted by Crippen LogP contribution is 2.14. The summed E-state index contributed by atoms with van der Waals surface area (Å²) in [5, 5.41) is 9.42. The minimum Gasteiger partial charge on any atom is -0.351 e. The maximum absolute atomic E-state index is 6.34. The Morgan fingerprint density at radius 1 is 0.833 bits per heavy atom. The lowest BCUT2D eigenvalue weighted by Crippen LogP contribution is -2.45. The van der Waals surface area contributed by atoms with Gasteiger partial charge in [0.1, 0.15) is 8.24 Å². The molecule has 0 aliphatic carbocycles. The molecular weight excluding hydrogens is 338 g/mol. The summed E-state index contributed by atoms with van der Waals surface area (Å²) in [4.78, 5) is 0. The van der Waals surface area contributed by atoms with Crippen molar-refractivity contribution < 1.29 is 0 Å². The highest BCUT2D eigenvalue weighted by atomic mass is 28.3. The highest BCUT2D eigenvalue weighted by Gasteiger charge is 2.25. The molecule has 1 nitrogen and oxygen atoms in total. The van der Waals surface area contributed by atoms with Gasteiger partial charge in [0.25, 0.3) is 0 Å². The first-order valence-electron chi connectivity index (χ1n) is 8.85. The van der Waals surface area contributed by atoms with Crippen molar-refractivity contribution in [2.45, 2.75) is 51.4 Å². The fourth-order valence-electron chi connectivity index (χ4n) is 3.20. The average molecular weight is 371 g/mol. The van der Waals surface area contributed by atoms with Crippen molar-refractivity contribution in [3.8, 4) is 0 Å². The van der Waals surface area contributed by atoms with Gasteiger partial charge in [0.2, 0.25) is 0 Å². The summed E-state index contributed by atoms with van der Waals surface area (Å²) in [6.45, 7) is 14.2. The van der Waals surface area contributed by atoms with E-state index in [0.717, 1.165) is 6.04 Å². The minimum absolute atomic E-state index is 0.343. The van der Waals surface area contributed by atoms with E-state index in [1.807, 2.05) is 0 Å². The van der Waals surface area contributed by atoms with Crippen LogP contribution in [0.25, 0.3) is 0 Å². The van der Waals surface area contributed by atoms with Gasteiger partial charge >= 0.3 is 0 Å². The van der Waals surface area contributed by atoms with Crippen LogP contribution in [0.2, 0.25) is 39.3 Å². The second kappa shape index (κ2) is 7.52. The monoisotopic (exact) mass is 370 g/mol. The number of hydrogen-bond acceptors (Lipinski definition) is 1. The molecule has 0 unspecified atom stereocenters. The van der Waals surface area contributed by atoms with Crippen LogP contribution in [0.4, 0.5) is 0 Å². The molecule has 0 bridgehead atoms. The molecule has 0 aromatic heterocycles. The van der Waals surface area contributed by atoms with Crippen LogP contribution >= 0.6 is 0 Å². The summed E-state index contributed by atoms with van der Waals surface area (Å²) in [5.74, 6) is 0. The molecule has 2 N–H and O–H groups in total. The highest BCUT2D eigenvalue weighted by molar-refractivity contribution is 6.89. The van der Waals surface area contributed by atoms with Gasteiger partial charge in [-0.25, -0.2) is 0 Å². The molecule has 129 valence electrons. The Labute approximate surface area is 152 Å². The third-order valence-electron chi connectivity index (χ3n) is 4.55. The Hall–Kier alpha value is -0.949. The molecule has 24 heavy (non-hydrogen) atoms. The zero-order chi connectivity index (χ0) is 18.0. The normalized spacial score (nSPS) is 12.7. The van der Waals surface area contributed by atoms with Gasteiger partial charge in [0, 0.05) is 0 Å². The second-order valence-electron chi connectivity index (χ2n) is 8.62. The molecule has 0 heterocycles. The number of rotatable bonds is 6. The Balaban J connectivity index is 2.19. The lowest BCUT2D eigenvalue weighted by atomic mass is 10.2. The van der Waals surface area contributed by atoms with E-state index in [0.29, 0.717) is 0 Å². The fourth-order valence-corrected chi connectivity index (χ4v) is 7.89. The molecular formula is C20H32NSi3. The Morgan fingerprint density at radius 2 is 1.46 bits per heavy atom. The van der Waals surface area contributed by atoms with Crippen LogP contribution in [0.1, 0.15) is 11.1 Å². The Bertz CT molecular complexity index is 670. The Morgan fingerprint density at radius 3 is 2.00 bits per heavy atom. The van der Waals surface area contributed by atoms with Crippen LogP contribution < -0.4 is 15.8 Å². The molecule has 2 aromatic carbocycles. The summed E-state index contributed by atoms with van der Waals surface area (Å²) >= 11 is 0. The Kier molecular flexibility index (Phi) is 6.07. The zero-order valence-electron chi connectivity index (χ0n) is 16.1. The first-order chi connectivity index (χ1) is 11.1. The van der Waals surface area contributed by atoms with Crippen LogP contribution in [0.15, 0.2) is 48.5 Å². The second-order valence-corrected chi connectivity index (χ2v) is 20.2. The molecule has 0 fully saturated rings. The van der Waals surface area contributed by atoms with Crippen molar-refractivity contribution in [3.63, 3.8) is 0 Å². The van der Waals surface area contributed by atoms with Crippen LogP contribution in [0.3, 0.4) is 0 Å². The molecule has 4 heteroatoms. The van der Waals surface area contributed by atoms with Crippen molar-refractivity contribution in [2.75, 3.05) is 0 Å². The van der Waals surface area contributed by atoms with Gasteiger partial charge in [-0.2, -0.15) is 0 Å². The van der Waals surface area contributed by atoms with Gasteiger partial charge in [-0.15, -0.1) is 0 Å². The summed E-state index contributed by atoms with van der Waals surface area (Å²) < 4.78 is 0. The number of nitrogens with two attached hydrogens (primary N) is 1. The first-order valence-corrected chi connectivity index (χ1v) is 17.8. The number of benzene rings is 2. The zero-order valence-corrected chi connectivity index (χ0v) is 19.1. The van der Waals surface area contributed by atoms with Crippen LogP contribution in [0, 0.1) is 0 Å². The van der Waals surface area contributed by atoms with E-state index in [9.17, 15) is 0 Å². The maximum atomic E-state index is 6.34. The predicted molar refractivity (Wildman–Crippen MR) is 116 cm³/mol. The van der Waals surface area contributed by atoms with Crippen LogP contribution in [0.5, 0.6) is 0 Å². The quantitative estimate of drug-likeness (QED) is 0.773. The minimum atomic E-state index is -1.55. The van der Waals surface area contributed by atoms with Gasteiger partial charge < -0.3 is 5.40 Å². The topological polar surface area (TPSA) is 26.0 Å². The van der Waals surface area contributed by atoms with Crippen molar-refractivity contribution in [1.82, 2.24) is 0 Å². The van der Waals surface area contributed by atoms with Gasteiger partial charge in [-0.1, -0.05) is 104 Å². The standard InChI is InChI=1S/C20H32NSi3/c1-22(2)19-12-10-17(11-13-19)15-23(3,4)20-9-7-8-18(14-20)16-24(5,6)21/h7-14H,15-16,21H2,1-6H3. The van der Waals surface area contributed by atoms with E-state index in [1.165, 1.54) is 22.4 Å². The van der Waals surface area contributed by atoms with Gasteiger partial charge in [0.05, 0.1) is 16.9 Å². The summed E-state index contributed by atoms with van der Waals surface area (Å²) in [7, 11) is -3.38. The smallest absolute Gasteiger partial charge is 0.121 e. The molecule has 2 rings (SSSR count). The van der Waals surface area contributed by atoms with E-state index < -0.39 is 16.3 Å². The summed E-state index contributed by atoms with van der Waals surface area (Å²) in [6, 6.07) is 20.9. The third kappa shape index (κ3) is 5.55. The predicted octanol–water partition coefficient (Wildman–Crippen LogP) is 3.59. The van der Waals surface area contributed by atoms with E-state index in [-0.39, 0.29) is 8.80 Å². The number of hydrogen-bond donors (Lipinski definition) is 1. The summed E-state index contributed by atoms with van der Waals surface area (Å²) in [6.07, 6.45) is 0. The van der Waals surface area contributed by atoms with Gasteiger partial charge in [0.15, 0.2) is 0 Å². The van der Waals surface area contributed by atoms with Crippen LogP contribution in [-0.4, -0.2) is 25.1 Å². The lowest BCUT2D eigenvalue weighted by Gasteiger charge is -2.25. The molecule has 0 spiro atoms. The van der Waals surface area contributed by atoms with E-state index >= 15 is 0 Å². The maximum Gasteiger partial charge on any atom is 0.121 e. The molecule has 2 aromatic rings. The van der Waals surface area contributed by atoms with E-state index in [4.69, 9.17) is 5.40 Å². The molecule has 1 radical (unpaired) electrons. The van der Waals surface area contributed by atoms with Crippen molar-refractivity contribution >= 4 is 35.5 Å². The van der Waals surface area contributed by atoms with Crippen molar-refractivity contribution in [2.24, 2.45) is 5.40 Å². The molecule has 0 aliphatic heterocycles. The third-order valence-corrected chi connectivity index (χ3v) is 10.5. The van der Waals surface area contributed by atoms with E-state index in [1.54, 1.807) is 5.19 Å². The molecule has 0 saturated carbocycles. The summed E-state index contributed by atoms with van der Waals surface area (Å²) in [5.41, 5.74) is 2.91. The van der Waals surface area contributed by atoms with Crippen molar-refractivity contribution in [3.05, 3.63) is 59.7 Å². The van der Waals surface area contributed by atoms with Gasteiger partial charge in [-0.05, 0) is 17.7 Å². The molecule has 0 saturated heterocycles. The van der Waals surface area contributed by atoms with Crippen molar-refractivity contribution in [1.29, 1.82) is 0 Å². The first kappa shape index (κ1) is 19.4. The van der Waals surface area contributed by atoms with Crippen LogP contribution in [-0.2, 0) is 12.1 Å². The molecule has 0 atom stereocenters. The molecule has 0 amide bonds. The van der Waals surface area contributed by atoms with E-state index in [2.05, 4.69) is 87.8 Å². The van der Waals surface area contributed by atoms with Gasteiger partial charge in [-0.3, -0.25) is 0 Å². The fraction of sp³-hybridized carbons (Fsp3) is 0.400. The largest absolute Gasteiger partial charge is 0.351 e. The molecule has 0 aliphatic rings. The average Bonchev–Trinajstić information content (AvgIpc) is 2.46. The SMILES string of the molecule is C[Si](C)c1ccc(C[Si](C)(C)c2cccc(C[Si](C)(C)N)c2)cc1. The lowest BCUT2D eigenvalue weighted by molar-refractivity contribution is 1.28.